The average molecular weight is 349 g/mol. The van der Waals surface area contributed by atoms with Gasteiger partial charge in [-0.05, 0) is 41.5 Å². The molecule has 0 radical (unpaired) electrons. The average Bonchev–Trinajstić information content (AvgIpc) is 2.82. The predicted octanol–water partition coefficient (Wildman–Crippen LogP) is 3.83. The third-order valence-corrected chi connectivity index (χ3v) is 4.37. The minimum absolute atomic E-state index is 0.0324. The Balaban J connectivity index is 2.02. The van der Waals surface area contributed by atoms with E-state index < -0.39 is 11.6 Å². The van der Waals surface area contributed by atoms with Gasteiger partial charge in [-0.1, -0.05) is 36.1 Å². The molecule has 2 aromatic rings. The van der Waals surface area contributed by atoms with Crippen molar-refractivity contribution in [3.8, 4) is 16.9 Å². The van der Waals surface area contributed by atoms with Crippen LogP contribution in [0.3, 0.4) is 0 Å². The van der Waals surface area contributed by atoms with Crippen LogP contribution < -0.4 is 5.32 Å². The smallest absolute Gasteiger partial charge is 0.263 e. The number of carbonyl (C=O) groups is 1. The number of halogens is 2. The van der Waals surface area contributed by atoms with E-state index in [4.69, 9.17) is 12.2 Å². The highest BCUT2D eigenvalue weighted by molar-refractivity contribution is 8.26. The zero-order chi connectivity index (χ0) is 16.6. The summed E-state index contributed by atoms with van der Waals surface area (Å²) in [6.07, 6.45) is 1.50. The number of thiocarbonyl (C=S) groups is 1. The Morgan fingerprint density at radius 3 is 2.43 bits per heavy atom. The van der Waals surface area contributed by atoms with Gasteiger partial charge in [0.05, 0.1) is 4.91 Å². The van der Waals surface area contributed by atoms with E-state index in [0.29, 0.717) is 25.9 Å². The van der Waals surface area contributed by atoms with E-state index in [-0.39, 0.29) is 11.7 Å². The van der Waals surface area contributed by atoms with Crippen molar-refractivity contribution in [1.29, 1.82) is 0 Å². The first-order valence-corrected chi connectivity index (χ1v) is 7.70. The number of phenols is 1. The number of carbonyl (C=O) groups excluding carboxylic acids is 1. The van der Waals surface area contributed by atoms with Gasteiger partial charge in [0.25, 0.3) is 5.91 Å². The Hall–Kier alpha value is -2.25. The van der Waals surface area contributed by atoms with E-state index in [1.807, 2.05) is 0 Å². The van der Waals surface area contributed by atoms with Gasteiger partial charge in [0.1, 0.15) is 10.1 Å². The maximum absolute atomic E-state index is 13.4. The highest BCUT2D eigenvalue weighted by atomic mass is 32.2. The third kappa shape index (κ3) is 3.25. The first kappa shape index (κ1) is 15.6. The van der Waals surface area contributed by atoms with Crippen molar-refractivity contribution < 1.29 is 18.7 Å². The van der Waals surface area contributed by atoms with Gasteiger partial charge in [0.2, 0.25) is 0 Å². The second kappa shape index (κ2) is 6.10. The zero-order valence-corrected chi connectivity index (χ0v) is 13.1. The summed E-state index contributed by atoms with van der Waals surface area (Å²) < 4.78 is 26.7. The van der Waals surface area contributed by atoms with Gasteiger partial charge in [0.15, 0.2) is 11.6 Å². The first-order valence-electron chi connectivity index (χ1n) is 6.47. The number of phenolic OH excluding ortho intramolecular Hbond substituents is 1. The molecule has 0 aromatic heterocycles. The molecule has 0 aliphatic carbocycles. The molecular weight excluding hydrogens is 340 g/mol. The Kier molecular flexibility index (Phi) is 4.14. The molecule has 0 spiro atoms. The van der Waals surface area contributed by atoms with Gasteiger partial charge in [-0.3, -0.25) is 4.79 Å². The van der Waals surface area contributed by atoms with Crippen LogP contribution in [0.25, 0.3) is 17.2 Å². The maximum atomic E-state index is 13.4. The van der Waals surface area contributed by atoms with E-state index in [2.05, 4.69) is 5.32 Å². The Morgan fingerprint density at radius 2 is 1.78 bits per heavy atom. The molecule has 0 unspecified atom stereocenters. The molecule has 0 saturated carbocycles. The van der Waals surface area contributed by atoms with E-state index in [9.17, 15) is 18.7 Å². The molecule has 3 nitrogen and oxygen atoms in total. The summed E-state index contributed by atoms with van der Waals surface area (Å²) in [5.41, 5.74) is 1.43. The van der Waals surface area contributed by atoms with Gasteiger partial charge in [-0.25, -0.2) is 8.78 Å². The van der Waals surface area contributed by atoms with Gasteiger partial charge in [-0.2, -0.15) is 0 Å². The highest BCUT2D eigenvalue weighted by Gasteiger charge is 2.22. The highest BCUT2D eigenvalue weighted by Crippen LogP contribution is 2.32. The van der Waals surface area contributed by atoms with Crippen molar-refractivity contribution in [3.05, 3.63) is 58.5 Å². The van der Waals surface area contributed by atoms with Crippen LogP contribution >= 0.6 is 24.0 Å². The van der Waals surface area contributed by atoms with Crippen LogP contribution in [0.2, 0.25) is 0 Å². The monoisotopic (exact) mass is 349 g/mol. The standard InChI is InChI=1S/C16H9F2NO2S2/c17-11-3-1-9(6-12(11)18)8-2-4-13(20)10(5-8)7-14-15(21)19-16(22)23-14/h1-7,20H,(H,19,21,22)/b14-7-. The molecule has 1 amide bonds. The van der Waals surface area contributed by atoms with Crippen LogP contribution in [0.15, 0.2) is 41.3 Å². The molecule has 1 heterocycles. The summed E-state index contributed by atoms with van der Waals surface area (Å²) in [6.45, 7) is 0. The number of nitrogens with one attached hydrogen (secondary N) is 1. The lowest BCUT2D eigenvalue weighted by molar-refractivity contribution is -0.115. The zero-order valence-electron chi connectivity index (χ0n) is 11.5. The summed E-state index contributed by atoms with van der Waals surface area (Å²) in [5.74, 6) is -2.25. The van der Waals surface area contributed by atoms with Crippen LogP contribution in [0.5, 0.6) is 5.75 Å². The summed E-state index contributed by atoms with van der Waals surface area (Å²) >= 11 is 6.00. The molecule has 116 valence electrons. The molecule has 3 rings (SSSR count). The Morgan fingerprint density at radius 1 is 1.09 bits per heavy atom. The molecule has 1 fully saturated rings. The van der Waals surface area contributed by atoms with Gasteiger partial charge in [0, 0.05) is 5.56 Å². The summed E-state index contributed by atoms with van der Waals surface area (Å²) in [4.78, 5) is 12.0. The number of hydrogen-bond donors (Lipinski definition) is 2. The summed E-state index contributed by atoms with van der Waals surface area (Å²) in [5, 5.41) is 12.4. The normalized spacial score (nSPS) is 16.0. The van der Waals surface area contributed by atoms with Crippen molar-refractivity contribution in [2.45, 2.75) is 0 Å². The first-order chi connectivity index (χ1) is 10.9. The van der Waals surface area contributed by atoms with Crippen molar-refractivity contribution in [3.63, 3.8) is 0 Å². The number of hydrogen-bond acceptors (Lipinski definition) is 4. The van der Waals surface area contributed by atoms with Gasteiger partial charge < -0.3 is 10.4 Å². The van der Waals surface area contributed by atoms with E-state index >= 15 is 0 Å². The molecular formula is C16H9F2NO2S2. The third-order valence-electron chi connectivity index (χ3n) is 3.21. The van der Waals surface area contributed by atoms with Crippen molar-refractivity contribution in [1.82, 2.24) is 5.32 Å². The molecule has 0 bridgehead atoms. The van der Waals surface area contributed by atoms with Crippen LogP contribution in [0.1, 0.15) is 5.56 Å². The molecule has 2 N–H and O–H groups in total. The maximum Gasteiger partial charge on any atom is 0.263 e. The topological polar surface area (TPSA) is 49.3 Å². The van der Waals surface area contributed by atoms with Crippen molar-refractivity contribution in [2.75, 3.05) is 0 Å². The predicted molar refractivity (Wildman–Crippen MR) is 89.8 cm³/mol. The Bertz CT molecular complexity index is 865. The molecule has 1 aliphatic rings. The Labute approximate surface area is 140 Å². The number of aromatic hydroxyl groups is 1. The summed E-state index contributed by atoms with van der Waals surface area (Å²) in [7, 11) is 0. The van der Waals surface area contributed by atoms with Gasteiger partial charge >= 0.3 is 0 Å². The van der Waals surface area contributed by atoms with Crippen LogP contribution in [0, 0.1) is 11.6 Å². The number of amides is 1. The van der Waals surface area contributed by atoms with E-state index in [0.717, 1.165) is 23.9 Å². The number of thioether (sulfide) groups is 1. The van der Waals surface area contributed by atoms with Gasteiger partial charge in [-0.15, -0.1) is 0 Å². The SMILES string of the molecule is O=C1NC(=S)S/C1=C\c1cc(-c2ccc(F)c(F)c2)ccc1O. The number of benzene rings is 2. The second-order valence-electron chi connectivity index (χ2n) is 4.75. The molecule has 23 heavy (non-hydrogen) atoms. The molecule has 1 saturated heterocycles. The second-order valence-corrected chi connectivity index (χ2v) is 6.47. The largest absolute Gasteiger partial charge is 0.507 e. The lowest BCUT2D eigenvalue weighted by Gasteiger charge is -2.06. The lowest BCUT2D eigenvalue weighted by atomic mass is 10.0. The molecule has 0 atom stereocenters. The molecule has 1 aliphatic heterocycles. The summed E-state index contributed by atoms with van der Waals surface area (Å²) in [6, 6.07) is 8.15. The fraction of sp³-hybridized carbons (Fsp3) is 0. The molecule has 2 aromatic carbocycles. The van der Waals surface area contributed by atoms with Crippen molar-refractivity contribution >= 4 is 40.3 Å². The van der Waals surface area contributed by atoms with Crippen molar-refractivity contribution in [2.24, 2.45) is 0 Å². The molecule has 7 heteroatoms. The fourth-order valence-electron chi connectivity index (χ4n) is 2.09. The van der Waals surface area contributed by atoms with E-state index in [1.165, 1.54) is 18.2 Å². The van der Waals surface area contributed by atoms with Crippen LogP contribution in [-0.4, -0.2) is 15.3 Å². The number of rotatable bonds is 2. The van der Waals surface area contributed by atoms with Crippen LogP contribution in [0.4, 0.5) is 8.78 Å². The van der Waals surface area contributed by atoms with E-state index in [1.54, 1.807) is 12.1 Å². The lowest BCUT2D eigenvalue weighted by Crippen LogP contribution is -2.17. The minimum Gasteiger partial charge on any atom is -0.507 e. The van der Waals surface area contributed by atoms with Crippen LogP contribution in [-0.2, 0) is 4.79 Å². The minimum atomic E-state index is -0.952. The quantitative estimate of drug-likeness (QED) is 0.639. The fourth-order valence-corrected chi connectivity index (χ4v) is 3.12.